The largest absolute Gasteiger partial charge is 0.492 e. The van der Waals surface area contributed by atoms with Crippen LogP contribution in [-0.4, -0.2) is 42.2 Å². The first-order valence-corrected chi connectivity index (χ1v) is 7.07. The molecule has 1 heterocycles. The third-order valence-electron chi connectivity index (χ3n) is 3.59. The molecule has 1 aromatic carbocycles. The highest BCUT2D eigenvalue weighted by atomic mass is 19.3. The molecule has 0 spiro atoms. The highest BCUT2D eigenvalue weighted by molar-refractivity contribution is 5.77. The number of carboxylic acid groups (broad SMARTS) is 1. The molecule has 0 bridgehead atoms. The van der Waals surface area contributed by atoms with Gasteiger partial charge < -0.3 is 9.84 Å². The van der Waals surface area contributed by atoms with Gasteiger partial charge in [-0.2, -0.15) is 8.78 Å². The van der Waals surface area contributed by atoms with Crippen molar-refractivity contribution >= 4 is 5.97 Å². The highest BCUT2D eigenvalue weighted by Crippen LogP contribution is 2.30. The summed E-state index contributed by atoms with van der Waals surface area (Å²) >= 11 is 0. The van der Waals surface area contributed by atoms with Crippen LogP contribution in [0.1, 0.15) is 24.8 Å². The summed E-state index contributed by atoms with van der Waals surface area (Å²) in [5.41, 5.74) is -0.564. The molecule has 4 nitrogen and oxygen atoms in total. The molecular formula is C15H19F2NO3. The van der Waals surface area contributed by atoms with Gasteiger partial charge in [0.2, 0.25) is 0 Å². The van der Waals surface area contributed by atoms with Crippen LogP contribution in [-0.2, 0) is 10.7 Å². The van der Waals surface area contributed by atoms with Crippen LogP contribution < -0.4 is 4.74 Å². The maximum Gasteiger partial charge on any atom is 0.379 e. The summed E-state index contributed by atoms with van der Waals surface area (Å²) in [6.07, 6.45) is 3.62. The van der Waals surface area contributed by atoms with Crippen molar-refractivity contribution in [2.24, 2.45) is 0 Å². The molecule has 0 aromatic heterocycles. The molecule has 0 unspecified atom stereocenters. The van der Waals surface area contributed by atoms with Gasteiger partial charge in [0.15, 0.2) is 0 Å². The lowest BCUT2D eigenvalue weighted by atomic mass is 10.1. The molecule has 116 valence electrons. The van der Waals surface area contributed by atoms with Crippen molar-refractivity contribution in [3.63, 3.8) is 0 Å². The van der Waals surface area contributed by atoms with Gasteiger partial charge in [-0.15, -0.1) is 0 Å². The van der Waals surface area contributed by atoms with Crippen molar-refractivity contribution < 1.29 is 23.4 Å². The molecule has 1 aromatic rings. The normalized spacial score (nSPS) is 16.7. The lowest BCUT2D eigenvalue weighted by Gasteiger charge is -2.26. The van der Waals surface area contributed by atoms with E-state index in [1.54, 1.807) is 6.07 Å². The van der Waals surface area contributed by atoms with E-state index >= 15 is 0 Å². The Balaban J connectivity index is 1.90. The minimum absolute atomic E-state index is 0.269. The fraction of sp³-hybridized carbons (Fsp3) is 0.533. The minimum atomic E-state index is -3.90. The molecule has 0 atom stereocenters. The van der Waals surface area contributed by atoms with Crippen LogP contribution in [0.2, 0.25) is 0 Å². The van der Waals surface area contributed by atoms with Gasteiger partial charge in [0.05, 0.1) is 0 Å². The van der Waals surface area contributed by atoms with E-state index in [0.717, 1.165) is 31.8 Å². The number of hydrogen-bond acceptors (Lipinski definition) is 3. The second-order valence-corrected chi connectivity index (χ2v) is 5.16. The fourth-order valence-electron chi connectivity index (χ4n) is 2.38. The van der Waals surface area contributed by atoms with E-state index < -0.39 is 17.5 Å². The molecule has 0 radical (unpaired) electrons. The number of halogens is 2. The molecule has 0 saturated carbocycles. The summed E-state index contributed by atoms with van der Waals surface area (Å²) in [6, 6.07) is 5.11. The second-order valence-electron chi connectivity index (χ2n) is 5.16. The topological polar surface area (TPSA) is 49.8 Å². The fourth-order valence-corrected chi connectivity index (χ4v) is 2.38. The number of ether oxygens (including phenoxy) is 1. The molecule has 1 N–H and O–H groups in total. The zero-order valence-corrected chi connectivity index (χ0v) is 11.7. The summed E-state index contributed by atoms with van der Waals surface area (Å²) in [4.78, 5) is 12.8. The van der Waals surface area contributed by atoms with E-state index in [1.807, 2.05) is 0 Å². The minimum Gasteiger partial charge on any atom is -0.492 e. The molecule has 0 amide bonds. The molecule has 2 rings (SSSR count). The Hall–Kier alpha value is -1.69. The van der Waals surface area contributed by atoms with Gasteiger partial charge in [0, 0.05) is 12.1 Å². The van der Waals surface area contributed by atoms with Crippen LogP contribution in [0.15, 0.2) is 24.3 Å². The zero-order chi connectivity index (χ0) is 15.3. The number of aliphatic carboxylic acids is 1. The number of piperidine rings is 1. The van der Waals surface area contributed by atoms with Crippen LogP contribution in [0.25, 0.3) is 0 Å². The van der Waals surface area contributed by atoms with Gasteiger partial charge in [-0.25, -0.2) is 4.79 Å². The number of carbonyl (C=O) groups is 1. The van der Waals surface area contributed by atoms with Crippen molar-refractivity contribution in [2.75, 3.05) is 26.2 Å². The third-order valence-corrected chi connectivity index (χ3v) is 3.59. The summed E-state index contributed by atoms with van der Waals surface area (Å²) < 4.78 is 32.3. The molecule has 1 saturated heterocycles. The summed E-state index contributed by atoms with van der Waals surface area (Å²) in [7, 11) is 0. The van der Waals surface area contributed by atoms with E-state index in [9.17, 15) is 13.6 Å². The number of benzene rings is 1. The third kappa shape index (κ3) is 4.14. The monoisotopic (exact) mass is 299 g/mol. The maximum atomic E-state index is 13.4. The van der Waals surface area contributed by atoms with Crippen LogP contribution in [0, 0.1) is 0 Å². The first kappa shape index (κ1) is 15.7. The quantitative estimate of drug-likeness (QED) is 0.877. The summed E-state index contributed by atoms with van der Waals surface area (Å²) in [5.74, 6) is -5.79. The Morgan fingerprint density at radius 3 is 2.67 bits per heavy atom. The standard InChI is InChI=1S/C15H19F2NO3/c16-15(17,14(19)20)12-5-4-6-13(11-12)21-10-9-18-7-2-1-3-8-18/h4-6,11H,1-3,7-10H2,(H,19,20). The Kier molecular flexibility index (Phi) is 5.12. The van der Waals surface area contributed by atoms with Gasteiger partial charge in [0.25, 0.3) is 0 Å². The Morgan fingerprint density at radius 2 is 2.00 bits per heavy atom. The van der Waals surface area contributed by atoms with E-state index in [2.05, 4.69) is 4.90 Å². The smallest absolute Gasteiger partial charge is 0.379 e. The number of alkyl halides is 2. The lowest BCUT2D eigenvalue weighted by Crippen LogP contribution is -2.33. The average Bonchev–Trinajstić information content (AvgIpc) is 2.48. The molecule has 0 aliphatic carbocycles. The summed E-state index contributed by atoms with van der Waals surface area (Å²) in [5, 5.41) is 8.53. The molecule has 1 aliphatic heterocycles. The average molecular weight is 299 g/mol. The number of rotatable bonds is 6. The van der Waals surface area contributed by atoms with Crippen molar-refractivity contribution in [2.45, 2.75) is 25.2 Å². The predicted molar refractivity (Wildman–Crippen MR) is 73.8 cm³/mol. The van der Waals surface area contributed by atoms with Crippen molar-refractivity contribution in [3.05, 3.63) is 29.8 Å². The van der Waals surface area contributed by atoms with Gasteiger partial charge in [-0.05, 0) is 38.1 Å². The SMILES string of the molecule is O=C(O)C(F)(F)c1cccc(OCCN2CCCCC2)c1. The maximum absolute atomic E-state index is 13.4. The number of nitrogens with zero attached hydrogens (tertiary/aromatic N) is 1. The Labute approximate surface area is 122 Å². The highest BCUT2D eigenvalue weighted by Gasteiger charge is 2.41. The Bertz CT molecular complexity index is 488. The molecular weight excluding hydrogens is 280 g/mol. The second kappa shape index (κ2) is 6.85. The lowest BCUT2D eigenvalue weighted by molar-refractivity contribution is -0.166. The van der Waals surface area contributed by atoms with Crippen molar-refractivity contribution in [1.29, 1.82) is 0 Å². The predicted octanol–water partition coefficient (Wildman–Crippen LogP) is 2.73. The molecule has 1 fully saturated rings. The van der Waals surface area contributed by atoms with E-state index in [4.69, 9.17) is 9.84 Å². The number of likely N-dealkylation sites (tertiary alicyclic amines) is 1. The first-order valence-electron chi connectivity index (χ1n) is 7.07. The van der Waals surface area contributed by atoms with Crippen molar-refractivity contribution in [1.82, 2.24) is 4.90 Å². The van der Waals surface area contributed by atoms with Crippen molar-refractivity contribution in [3.8, 4) is 5.75 Å². The van der Waals surface area contributed by atoms with Gasteiger partial charge in [0.1, 0.15) is 12.4 Å². The molecule has 6 heteroatoms. The van der Waals surface area contributed by atoms with E-state index in [-0.39, 0.29) is 5.75 Å². The van der Waals surface area contributed by atoms with Crippen LogP contribution in [0.5, 0.6) is 5.75 Å². The van der Waals surface area contributed by atoms with Crippen LogP contribution in [0.3, 0.4) is 0 Å². The van der Waals surface area contributed by atoms with Gasteiger partial charge in [-0.1, -0.05) is 18.6 Å². The van der Waals surface area contributed by atoms with E-state index in [1.165, 1.54) is 25.3 Å². The van der Waals surface area contributed by atoms with E-state index in [0.29, 0.717) is 6.61 Å². The first-order chi connectivity index (χ1) is 10.00. The molecule has 1 aliphatic rings. The Morgan fingerprint density at radius 1 is 1.29 bits per heavy atom. The van der Waals surface area contributed by atoms with Gasteiger partial charge in [-0.3, -0.25) is 4.90 Å². The zero-order valence-electron chi connectivity index (χ0n) is 11.7. The van der Waals surface area contributed by atoms with Crippen LogP contribution >= 0.6 is 0 Å². The van der Waals surface area contributed by atoms with Gasteiger partial charge >= 0.3 is 11.9 Å². The number of hydrogen-bond donors (Lipinski definition) is 1. The number of carboxylic acids is 1. The van der Waals surface area contributed by atoms with Crippen LogP contribution in [0.4, 0.5) is 8.78 Å². The summed E-state index contributed by atoms with van der Waals surface area (Å²) in [6.45, 7) is 3.24. The molecule has 21 heavy (non-hydrogen) atoms.